The lowest BCUT2D eigenvalue weighted by Gasteiger charge is -2.12. The number of allylic oxidation sites excluding steroid dienone is 4. The normalized spacial score (nSPS) is 12.3. The van der Waals surface area contributed by atoms with Crippen LogP contribution >= 0.6 is 0 Å². The van der Waals surface area contributed by atoms with E-state index in [0.717, 1.165) is 41.1 Å². The van der Waals surface area contributed by atoms with Crippen molar-refractivity contribution >= 4 is 11.4 Å². The predicted molar refractivity (Wildman–Crippen MR) is 115 cm³/mol. The quantitative estimate of drug-likeness (QED) is 0.203. The number of anilines is 1. The molecule has 4 heteroatoms. The molecule has 0 aromatic heterocycles. The van der Waals surface area contributed by atoms with Gasteiger partial charge in [-0.25, -0.2) is 0 Å². The summed E-state index contributed by atoms with van der Waals surface area (Å²) in [5.41, 5.74) is 5.14. The summed E-state index contributed by atoms with van der Waals surface area (Å²) in [6.45, 7) is 10.9. The van der Waals surface area contributed by atoms with E-state index in [9.17, 15) is 0 Å². The standard InChI is InChI=1S/C23H32N2O2/c1-7-10-11-15-26-21(9-3)16-20(8-2)19(5)25-27-17-22-18(4)13-12-14-23(22)24-6/h8,12-14,16,24H,7,9,15,17H2,1-6H3/b20-8+,21-16+,25-19?. The molecule has 27 heavy (non-hydrogen) atoms. The Bertz CT molecular complexity index is 749. The topological polar surface area (TPSA) is 42.9 Å². The fraction of sp³-hybridized carbons (Fsp3) is 0.435. The number of rotatable bonds is 9. The smallest absolute Gasteiger partial charge is 0.148 e. The van der Waals surface area contributed by atoms with Gasteiger partial charge in [0.15, 0.2) is 0 Å². The van der Waals surface area contributed by atoms with Crippen LogP contribution in [0.2, 0.25) is 0 Å². The van der Waals surface area contributed by atoms with Crippen molar-refractivity contribution in [3.05, 3.63) is 52.8 Å². The van der Waals surface area contributed by atoms with E-state index in [2.05, 4.69) is 42.2 Å². The maximum Gasteiger partial charge on any atom is 0.148 e. The van der Waals surface area contributed by atoms with E-state index in [4.69, 9.17) is 9.57 Å². The Morgan fingerprint density at radius 1 is 1.26 bits per heavy atom. The maximum absolute atomic E-state index is 5.74. The lowest BCUT2D eigenvalue weighted by molar-refractivity contribution is 0.130. The van der Waals surface area contributed by atoms with Crippen LogP contribution < -0.4 is 5.32 Å². The van der Waals surface area contributed by atoms with E-state index in [1.54, 1.807) is 0 Å². The number of nitrogens with one attached hydrogen (secondary N) is 1. The van der Waals surface area contributed by atoms with Crippen LogP contribution in [0, 0.1) is 18.8 Å². The van der Waals surface area contributed by atoms with Crippen LogP contribution in [0.4, 0.5) is 5.69 Å². The molecule has 1 N–H and O–H groups in total. The second-order valence-electron chi connectivity index (χ2n) is 6.01. The molecule has 0 bridgehead atoms. The van der Waals surface area contributed by atoms with Crippen molar-refractivity contribution in [1.82, 2.24) is 0 Å². The molecule has 0 aliphatic rings. The van der Waals surface area contributed by atoms with Crippen molar-refractivity contribution < 1.29 is 9.57 Å². The van der Waals surface area contributed by atoms with Gasteiger partial charge in [-0.05, 0) is 44.1 Å². The summed E-state index contributed by atoms with van der Waals surface area (Å²) in [5.74, 6) is 6.89. The number of aryl methyl sites for hydroxylation is 1. The molecular formula is C23H32N2O2. The second-order valence-corrected chi connectivity index (χ2v) is 6.01. The van der Waals surface area contributed by atoms with E-state index in [-0.39, 0.29) is 0 Å². The van der Waals surface area contributed by atoms with Gasteiger partial charge in [0.2, 0.25) is 0 Å². The highest BCUT2D eigenvalue weighted by atomic mass is 16.6. The third kappa shape index (κ3) is 7.62. The van der Waals surface area contributed by atoms with Crippen molar-refractivity contribution in [3.63, 3.8) is 0 Å². The third-order valence-corrected chi connectivity index (χ3v) is 4.12. The van der Waals surface area contributed by atoms with Crippen LogP contribution in [0.3, 0.4) is 0 Å². The Morgan fingerprint density at radius 2 is 2.04 bits per heavy atom. The Kier molecular flexibility index (Phi) is 10.5. The van der Waals surface area contributed by atoms with Crippen molar-refractivity contribution in [1.29, 1.82) is 0 Å². The minimum absolute atomic E-state index is 0.414. The number of hydrogen-bond donors (Lipinski definition) is 1. The first-order valence-electron chi connectivity index (χ1n) is 9.45. The zero-order chi connectivity index (χ0) is 20.1. The Balaban J connectivity index is 2.79. The molecule has 0 aliphatic carbocycles. The Hall–Kier alpha value is -2.67. The minimum Gasteiger partial charge on any atom is -0.485 e. The van der Waals surface area contributed by atoms with Gasteiger partial charge in [0.1, 0.15) is 13.2 Å². The zero-order valence-electron chi connectivity index (χ0n) is 17.5. The van der Waals surface area contributed by atoms with E-state index >= 15 is 0 Å². The van der Waals surface area contributed by atoms with Crippen LogP contribution in [0.15, 0.2) is 46.8 Å². The largest absolute Gasteiger partial charge is 0.485 e. The van der Waals surface area contributed by atoms with E-state index in [1.807, 2.05) is 52.1 Å². The molecule has 0 atom stereocenters. The number of hydrogen-bond acceptors (Lipinski definition) is 4. The van der Waals surface area contributed by atoms with Crippen molar-refractivity contribution in [2.45, 2.75) is 54.1 Å². The summed E-state index contributed by atoms with van der Waals surface area (Å²) in [6, 6.07) is 6.14. The van der Waals surface area contributed by atoms with E-state index < -0.39 is 0 Å². The molecule has 0 saturated carbocycles. The van der Waals surface area contributed by atoms with Crippen molar-refractivity contribution in [3.8, 4) is 11.8 Å². The summed E-state index contributed by atoms with van der Waals surface area (Å²) >= 11 is 0. The van der Waals surface area contributed by atoms with Gasteiger partial charge in [-0.2, -0.15) is 0 Å². The third-order valence-electron chi connectivity index (χ3n) is 4.12. The van der Waals surface area contributed by atoms with Gasteiger partial charge in [-0.15, -0.1) is 5.92 Å². The molecular weight excluding hydrogens is 336 g/mol. The molecule has 1 aromatic carbocycles. The van der Waals surface area contributed by atoms with Crippen LogP contribution in [0.25, 0.3) is 0 Å². The fourth-order valence-electron chi connectivity index (χ4n) is 2.50. The molecule has 4 nitrogen and oxygen atoms in total. The average Bonchev–Trinajstić information content (AvgIpc) is 2.68. The summed E-state index contributed by atoms with van der Waals surface area (Å²) in [6.07, 6.45) is 5.65. The fourth-order valence-corrected chi connectivity index (χ4v) is 2.50. The maximum atomic E-state index is 5.74. The zero-order valence-corrected chi connectivity index (χ0v) is 17.5. The summed E-state index contributed by atoms with van der Waals surface area (Å²) < 4.78 is 5.74. The van der Waals surface area contributed by atoms with Crippen LogP contribution in [0.5, 0.6) is 0 Å². The van der Waals surface area contributed by atoms with Crippen LogP contribution in [0.1, 0.15) is 51.7 Å². The van der Waals surface area contributed by atoms with Crippen LogP contribution in [-0.4, -0.2) is 19.4 Å². The van der Waals surface area contributed by atoms with Gasteiger partial charge in [-0.1, -0.05) is 43.1 Å². The first-order valence-corrected chi connectivity index (χ1v) is 9.45. The van der Waals surface area contributed by atoms with Gasteiger partial charge in [0.25, 0.3) is 0 Å². The van der Waals surface area contributed by atoms with Gasteiger partial charge >= 0.3 is 0 Å². The van der Waals surface area contributed by atoms with Gasteiger partial charge in [-0.3, -0.25) is 0 Å². The Morgan fingerprint density at radius 3 is 2.67 bits per heavy atom. The molecule has 0 spiro atoms. The molecule has 0 radical (unpaired) electrons. The Labute approximate surface area is 164 Å². The van der Waals surface area contributed by atoms with E-state index in [1.165, 1.54) is 5.56 Å². The number of benzene rings is 1. The predicted octanol–water partition coefficient (Wildman–Crippen LogP) is 5.60. The molecule has 1 aromatic rings. The minimum atomic E-state index is 0.414. The summed E-state index contributed by atoms with van der Waals surface area (Å²) in [5, 5.41) is 7.49. The monoisotopic (exact) mass is 368 g/mol. The molecule has 0 saturated heterocycles. The molecule has 0 aliphatic heterocycles. The second kappa shape index (κ2) is 12.6. The van der Waals surface area contributed by atoms with Gasteiger partial charge in [0.05, 0.1) is 11.5 Å². The highest BCUT2D eigenvalue weighted by Crippen LogP contribution is 2.20. The van der Waals surface area contributed by atoms with Gasteiger partial charge < -0.3 is 14.9 Å². The van der Waals surface area contributed by atoms with Gasteiger partial charge in [0, 0.05) is 31.1 Å². The lowest BCUT2D eigenvalue weighted by atomic mass is 10.1. The van der Waals surface area contributed by atoms with E-state index in [0.29, 0.717) is 13.2 Å². The lowest BCUT2D eigenvalue weighted by Crippen LogP contribution is -2.02. The summed E-state index contributed by atoms with van der Waals surface area (Å²) in [7, 11) is 1.91. The van der Waals surface area contributed by atoms with Crippen molar-refractivity contribution in [2.24, 2.45) is 5.16 Å². The highest BCUT2D eigenvalue weighted by Gasteiger charge is 2.06. The molecule has 0 fully saturated rings. The highest BCUT2D eigenvalue weighted by molar-refractivity contribution is 6.00. The molecule has 0 amide bonds. The number of ether oxygens (including phenoxy) is 1. The first kappa shape index (κ1) is 22.4. The molecule has 1 rings (SSSR count). The first-order chi connectivity index (χ1) is 13.1. The number of nitrogens with zero attached hydrogens (tertiary/aromatic N) is 1. The number of oxime groups is 1. The van der Waals surface area contributed by atoms with Crippen LogP contribution in [-0.2, 0) is 16.2 Å². The average molecular weight is 369 g/mol. The van der Waals surface area contributed by atoms with Crippen molar-refractivity contribution in [2.75, 3.05) is 19.0 Å². The molecule has 0 heterocycles. The SMILES string of the molecule is C/C=C(\C=C(/CC)OCC#CCC)C(C)=NOCc1c(C)cccc1NC. The summed E-state index contributed by atoms with van der Waals surface area (Å²) in [4.78, 5) is 5.63. The molecule has 146 valence electrons. The molecule has 0 unspecified atom stereocenters.